The quantitative estimate of drug-likeness (QED) is 0.261. The van der Waals surface area contributed by atoms with Gasteiger partial charge in [0.2, 0.25) is 5.91 Å². The van der Waals surface area contributed by atoms with E-state index in [9.17, 15) is 9.18 Å². The highest BCUT2D eigenvalue weighted by molar-refractivity contribution is 5.97. The molecule has 1 aliphatic rings. The number of halogens is 1. The fourth-order valence-corrected chi connectivity index (χ4v) is 5.23. The van der Waals surface area contributed by atoms with Crippen LogP contribution in [0.15, 0.2) is 67.3 Å². The molecule has 9 nitrogen and oxygen atoms in total. The molecule has 0 saturated heterocycles. The van der Waals surface area contributed by atoms with Crippen molar-refractivity contribution in [1.82, 2.24) is 35.1 Å². The van der Waals surface area contributed by atoms with Gasteiger partial charge in [0.15, 0.2) is 11.5 Å². The van der Waals surface area contributed by atoms with Gasteiger partial charge in [-0.25, -0.2) is 14.4 Å². The fourth-order valence-electron chi connectivity index (χ4n) is 5.23. The molecule has 0 aliphatic heterocycles. The molecule has 1 fully saturated rings. The van der Waals surface area contributed by atoms with Gasteiger partial charge in [-0.05, 0) is 48.7 Å². The Morgan fingerprint density at radius 1 is 0.974 bits per heavy atom. The lowest BCUT2D eigenvalue weighted by molar-refractivity contribution is -0.119. The summed E-state index contributed by atoms with van der Waals surface area (Å²) in [7, 11) is 0. The molecule has 0 unspecified atom stereocenters. The summed E-state index contributed by atoms with van der Waals surface area (Å²) in [6, 6.07) is 12.0. The molecule has 3 N–H and O–H groups in total. The summed E-state index contributed by atoms with van der Waals surface area (Å²) in [5.41, 5.74) is 6.47. The maximum absolute atomic E-state index is 13.5. The van der Waals surface area contributed by atoms with Crippen molar-refractivity contribution in [3.63, 3.8) is 0 Å². The third kappa shape index (κ3) is 4.29. The van der Waals surface area contributed by atoms with Crippen LogP contribution in [0.2, 0.25) is 0 Å². The van der Waals surface area contributed by atoms with Crippen molar-refractivity contribution >= 4 is 33.7 Å². The van der Waals surface area contributed by atoms with Crippen molar-refractivity contribution < 1.29 is 9.18 Å². The van der Waals surface area contributed by atoms with Crippen molar-refractivity contribution in [2.24, 2.45) is 5.92 Å². The van der Waals surface area contributed by atoms with E-state index in [1.807, 2.05) is 18.2 Å². The Balaban J connectivity index is 1.24. The maximum atomic E-state index is 13.5. The minimum atomic E-state index is -0.293. The summed E-state index contributed by atoms with van der Waals surface area (Å²) >= 11 is 0. The van der Waals surface area contributed by atoms with E-state index in [-0.39, 0.29) is 17.6 Å². The molecular weight excluding hydrogens is 495 g/mol. The number of fused-ring (bicyclic) bond motifs is 2. The average molecular weight is 519 g/mol. The molecule has 7 rings (SSSR count). The van der Waals surface area contributed by atoms with Crippen LogP contribution in [-0.4, -0.2) is 41.0 Å². The van der Waals surface area contributed by atoms with Crippen molar-refractivity contribution in [1.29, 1.82) is 0 Å². The van der Waals surface area contributed by atoms with Gasteiger partial charge in [-0.15, -0.1) is 0 Å². The lowest BCUT2D eigenvalue weighted by Crippen LogP contribution is -2.20. The van der Waals surface area contributed by atoms with Crippen LogP contribution in [0, 0.1) is 11.7 Å². The summed E-state index contributed by atoms with van der Waals surface area (Å²) in [5.74, 6) is 0.369. The van der Waals surface area contributed by atoms with Gasteiger partial charge in [0.25, 0.3) is 0 Å². The Kier molecular flexibility index (Phi) is 5.58. The Hall–Kier alpha value is -4.99. The zero-order valence-electron chi connectivity index (χ0n) is 20.8. The van der Waals surface area contributed by atoms with E-state index in [0.29, 0.717) is 28.5 Å². The molecule has 6 aromatic rings. The second kappa shape index (κ2) is 9.39. The molecule has 192 valence electrons. The highest BCUT2D eigenvalue weighted by Crippen LogP contribution is 2.32. The first-order valence-electron chi connectivity index (χ1n) is 12.8. The summed E-state index contributed by atoms with van der Waals surface area (Å²) in [5, 5.41) is 11.4. The van der Waals surface area contributed by atoms with E-state index in [4.69, 9.17) is 4.98 Å². The highest BCUT2D eigenvalue weighted by Gasteiger charge is 2.23. The van der Waals surface area contributed by atoms with Crippen LogP contribution in [0.5, 0.6) is 0 Å². The average Bonchev–Trinajstić information content (AvgIpc) is 3.73. The SMILES string of the molecule is O=C(Nc1cncc(-c2cc3c(-c4nc5nccc(-c6ccc(F)cc6)c5[nH]4)n[nH]c3cn2)c1)C1CCCC1. The van der Waals surface area contributed by atoms with Gasteiger partial charge in [0, 0.05) is 34.8 Å². The number of carbonyl (C=O) groups is 1. The van der Waals surface area contributed by atoms with Crippen LogP contribution in [0.25, 0.3) is 56.0 Å². The zero-order valence-corrected chi connectivity index (χ0v) is 20.8. The van der Waals surface area contributed by atoms with Gasteiger partial charge in [-0.1, -0.05) is 25.0 Å². The number of pyridine rings is 3. The Labute approximate surface area is 222 Å². The number of hydrogen-bond acceptors (Lipinski definition) is 6. The van der Waals surface area contributed by atoms with Crippen molar-refractivity contribution in [2.45, 2.75) is 25.7 Å². The molecule has 5 aromatic heterocycles. The first kappa shape index (κ1) is 23.2. The topological polar surface area (TPSA) is 125 Å². The molecule has 1 aliphatic carbocycles. The summed E-state index contributed by atoms with van der Waals surface area (Å²) < 4.78 is 13.5. The molecule has 0 atom stereocenters. The second-order valence-electron chi connectivity index (χ2n) is 9.77. The van der Waals surface area contributed by atoms with E-state index in [1.165, 1.54) is 12.1 Å². The first-order chi connectivity index (χ1) is 19.1. The number of rotatable bonds is 5. The Morgan fingerprint density at radius 3 is 2.67 bits per heavy atom. The van der Waals surface area contributed by atoms with E-state index < -0.39 is 0 Å². The molecule has 0 radical (unpaired) electrons. The molecule has 0 spiro atoms. The van der Waals surface area contributed by atoms with Gasteiger partial charge in [-0.3, -0.25) is 19.9 Å². The summed E-state index contributed by atoms with van der Waals surface area (Å²) in [6.07, 6.45) is 10.8. The van der Waals surface area contributed by atoms with Crippen LogP contribution in [0.1, 0.15) is 25.7 Å². The number of benzene rings is 1. The highest BCUT2D eigenvalue weighted by atomic mass is 19.1. The van der Waals surface area contributed by atoms with Crippen LogP contribution in [-0.2, 0) is 4.79 Å². The predicted octanol–water partition coefficient (Wildman–Crippen LogP) is 5.89. The molecule has 5 heterocycles. The van der Waals surface area contributed by atoms with E-state index >= 15 is 0 Å². The molecule has 0 bridgehead atoms. The van der Waals surface area contributed by atoms with Gasteiger partial charge < -0.3 is 10.3 Å². The van der Waals surface area contributed by atoms with Crippen LogP contribution < -0.4 is 5.32 Å². The predicted molar refractivity (Wildman–Crippen MR) is 146 cm³/mol. The second-order valence-corrected chi connectivity index (χ2v) is 9.77. The number of nitrogens with one attached hydrogen (secondary N) is 3. The maximum Gasteiger partial charge on any atom is 0.227 e. The van der Waals surface area contributed by atoms with Crippen LogP contribution >= 0.6 is 0 Å². The third-order valence-corrected chi connectivity index (χ3v) is 7.25. The Morgan fingerprint density at radius 2 is 1.82 bits per heavy atom. The molecule has 1 saturated carbocycles. The van der Waals surface area contributed by atoms with Gasteiger partial charge in [-0.2, -0.15) is 5.10 Å². The van der Waals surface area contributed by atoms with E-state index in [2.05, 4.69) is 35.5 Å². The van der Waals surface area contributed by atoms with Crippen molar-refractivity contribution in [2.75, 3.05) is 5.32 Å². The molecule has 1 aromatic carbocycles. The van der Waals surface area contributed by atoms with Crippen LogP contribution in [0.3, 0.4) is 0 Å². The molecule has 10 heteroatoms. The third-order valence-electron chi connectivity index (χ3n) is 7.25. The first-order valence-corrected chi connectivity index (χ1v) is 12.8. The number of carbonyl (C=O) groups excluding carboxylic acids is 1. The van der Waals surface area contributed by atoms with Gasteiger partial charge in [0.1, 0.15) is 11.5 Å². The lowest BCUT2D eigenvalue weighted by atomic mass is 10.1. The summed E-state index contributed by atoms with van der Waals surface area (Å²) in [6.45, 7) is 0. The molecular formula is C29H23FN8O. The van der Waals surface area contributed by atoms with E-state index in [1.54, 1.807) is 36.9 Å². The number of anilines is 1. The number of amides is 1. The summed E-state index contributed by atoms with van der Waals surface area (Å²) in [4.78, 5) is 34.0. The standard InChI is InChI=1S/C29H23FN8O/c30-19-7-5-16(6-8-19)21-9-10-32-27-25(21)35-28(36-27)26-22-12-23(33-15-24(22)37-38-26)18-11-20(14-31-13-18)34-29(39)17-3-1-2-4-17/h5-15,17H,1-4H2,(H,34,39)(H,37,38)(H,32,35,36). The lowest BCUT2D eigenvalue weighted by Gasteiger charge is -2.11. The number of aromatic nitrogens is 7. The minimum absolute atomic E-state index is 0.0467. The normalized spacial score (nSPS) is 13.9. The number of hydrogen-bond donors (Lipinski definition) is 3. The van der Waals surface area contributed by atoms with Crippen molar-refractivity contribution in [3.8, 4) is 33.9 Å². The van der Waals surface area contributed by atoms with E-state index in [0.717, 1.165) is 58.8 Å². The molecule has 39 heavy (non-hydrogen) atoms. The fraction of sp³-hybridized carbons (Fsp3) is 0.172. The number of H-pyrrole nitrogens is 2. The minimum Gasteiger partial charge on any atom is -0.335 e. The number of aromatic amines is 2. The Bertz CT molecular complexity index is 1840. The van der Waals surface area contributed by atoms with Crippen LogP contribution in [0.4, 0.5) is 10.1 Å². The zero-order chi connectivity index (χ0) is 26.3. The monoisotopic (exact) mass is 518 g/mol. The van der Waals surface area contributed by atoms with Crippen molar-refractivity contribution in [3.05, 3.63) is 73.1 Å². The molecule has 1 amide bonds. The smallest absolute Gasteiger partial charge is 0.227 e. The largest absolute Gasteiger partial charge is 0.335 e. The van der Waals surface area contributed by atoms with Gasteiger partial charge in [0.05, 0.1) is 34.8 Å². The number of imidazole rings is 1. The number of nitrogens with zero attached hydrogens (tertiary/aromatic N) is 5. The van der Waals surface area contributed by atoms with Gasteiger partial charge >= 0.3 is 0 Å².